The number of halogens is 3. The number of aliphatic hydroxyl groups is 1. The van der Waals surface area contributed by atoms with Gasteiger partial charge in [0.25, 0.3) is 0 Å². The fraction of sp³-hybridized carbons (Fsp3) is 0.600. The van der Waals surface area contributed by atoms with E-state index in [4.69, 9.17) is 4.74 Å². The van der Waals surface area contributed by atoms with Crippen molar-refractivity contribution < 1.29 is 23.0 Å². The van der Waals surface area contributed by atoms with E-state index in [0.29, 0.717) is 19.2 Å². The number of benzene rings is 1. The molecule has 3 rings (SSSR count). The average Bonchev–Trinajstić information content (AvgIpc) is 2.93. The Kier molecular flexibility index (Phi) is 3.94. The number of morpholine rings is 1. The van der Waals surface area contributed by atoms with Gasteiger partial charge in [0.15, 0.2) is 0 Å². The van der Waals surface area contributed by atoms with Crippen molar-refractivity contribution in [2.75, 3.05) is 19.7 Å². The minimum Gasteiger partial charge on any atom is -0.386 e. The van der Waals surface area contributed by atoms with Gasteiger partial charge < -0.3 is 9.84 Å². The monoisotopic (exact) mass is 301 g/mol. The Labute approximate surface area is 121 Å². The van der Waals surface area contributed by atoms with E-state index in [-0.39, 0.29) is 5.56 Å². The van der Waals surface area contributed by atoms with Gasteiger partial charge in [-0.2, -0.15) is 13.2 Å². The second kappa shape index (κ2) is 5.59. The first kappa shape index (κ1) is 14.8. The van der Waals surface area contributed by atoms with Crippen LogP contribution in [0.4, 0.5) is 13.2 Å². The standard InChI is InChI=1S/C15H18F3NO2/c16-15(17,18)12-6-2-1-5-11(12)14(20)13-8-19-7-3-4-10(19)9-21-13/h1-2,5-6,10,13-14,20H,3-4,7-9H2. The molecule has 1 aromatic carbocycles. The van der Waals surface area contributed by atoms with Gasteiger partial charge in [0.2, 0.25) is 0 Å². The SMILES string of the molecule is OC(c1ccccc1C(F)(F)F)C1CN2CCCC2CO1. The third-order valence-corrected chi connectivity index (χ3v) is 4.35. The maximum Gasteiger partial charge on any atom is 0.416 e. The van der Waals surface area contributed by atoms with Gasteiger partial charge in [-0.3, -0.25) is 4.90 Å². The molecule has 3 unspecified atom stereocenters. The molecule has 1 aromatic rings. The van der Waals surface area contributed by atoms with Crippen LogP contribution in [-0.4, -0.2) is 41.8 Å². The zero-order chi connectivity index (χ0) is 15.0. The molecule has 0 spiro atoms. The molecule has 0 aromatic heterocycles. The van der Waals surface area contributed by atoms with E-state index in [1.165, 1.54) is 18.2 Å². The van der Waals surface area contributed by atoms with Crippen molar-refractivity contribution in [1.29, 1.82) is 0 Å². The van der Waals surface area contributed by atoms with Crippen molar-refractivity contribution in [3.05, 3.63) is 35.4 Å². The lowest BCUT2D eigenvalue weighted by atomic mass is 9.97. The lowest BCUT2D eigenvalue weighted by molar-refractivity contribution is -0.142. The molecule has 116 valence electrons. The van der Waals surface area contributed by atoms with Crippen LogP contribution in [0.25, 0.3) is 0 Å². The van der Waals surface area contributed by atoms with Crippen molar-refractivity contribution in [1.82, 2.24) is 4.90 Å². The van der Waals surface area contributed by atoms with Crippen LogP contribution in [0.15, 0.2) is 24.3 Å². The van der Waals surface area contributed by atoms with E-state index >= 15 is 0 Å². The summed E-state index contributed by atoms with van der Waals surface area (Å²) in [7, 11) is 0. The summed E-state index contributed by atoms with van der Waals surface area (Å²) in [5.74, 6) is 0. The quantitative estimate of drug-likeness (QED) is 0.911. The molecule has 0 bridgehead atoms. The van der Waals surface area contributed by atoms with Gasteiger partial charge in [-0.15, -0.1) is 0 Å². The van der Waals surface area contributed by atoms with Gasteiger partial charge in [0.05, 0.1) is 12.2 Å². The van der Waals surface area contributed by atoms with Gasteiger partial charge in [-0.25, -0.2) is 0 Å². The number of rotatable bonds is 2. The van der Waals surface area contributed by atoms with Crippen LogP contribution in [0.1, 0.15) is 30.1 Å². The van der Waals surface area contributed by atoms with E-state index in [1.54, 1.807) is 0 Å². The Morgan fingerprint density at radius 1 is 1.29 bits per heavy atom. The van der Waals surface area contributed by atoms with Crippen LogP contribution in [0.2, 0.25) is 0 Å². The van der Waals surface area contributed by atoms with Crippen molar-refractivity contribution in [2.45, 2.75) is 37.3 Å². The summed E-state index contributed by atoms with van der Waals surface area (Å²) in [6.45, 7) is 1.89. The molecule has 0 radical (unpaired) electrons. The number of nitrogens with zero attached hydrogens (tertiary/aromatic N) is 1. The highest BCUT2D eigenvalue weighted by molar-refractivity contribution is 5.32. The van der Waals surface area contributed by atoms with Gasteiger partial charge >= 0.3 is 6.18 Å². The minimum absolute atomic E-state index is 0.104. The molecule has 2 aliphatic heterocycles. The number of alkyl halides is 3. The van der Waals surface area contributed by atoms with Crippen LogP contribution in [0.5, 0.6) is 0 Å². The Morgan fingerprint density at radius 3 is 2.81 bits per heavy atom. The highest BCUT2D eigenvalue weighted by atomic mass is 19.4. The predicted molar refractivity (Wildman–Crippen MR) is 70.7 cm³/mol. The number of ether oxygens (including phenoxy) is 1. The number of aliphatic hydroxyl groups excluding tert-OH is 1. The Hall–Kier alpha value is -1.11. The summed E-state index contributed by atoms with van der Waals surface area (Å²) in [5.41, 5.74) is -0.891. The molecule has 0 amide bonds. The third-order valence-electron chi connectivity index (χ3n) is 4.35. The Balaban J connectivity index is 1.81. The van der Waals surface area contributed by atoms with Crippen LogP contribution >= 0.6 is 0 Å². The van der Waals surface area contributed by atoms with E-state index in [1.807, 2.05) is 0 Å². The Bertz CT molecular complexity index is 506. The summed E-state index contributed by atoms with van der Waals surface area (Å²) < 4.78 is 44.7. The summed E-state index contributed by atoms with van der Waals surface area (Å²) in [5, 5.41) is 10.4. The molecular weight excluding hydrogens is 283 g/mol. The first-order chi connectivity index (χ1) is 9.97. The molecule has 2 heterocycles. The minimum atomic E-state index is -4.47. The normalized spacial score (nSPS) is 28.4. The van der Waals surface area contributed by atoms with E-state index in [9.17, 15) is 18.3 Å². The maximum absolute atomic E-state index is 13.0. The molecule has 0 saturated carbocycles. The zero-order valence-electron chi connectivity index (χ0n) is 11.5. The number of hydrogen-bond acceptors (Lipinski definition) is 3. The predicted octanol–water partition coefficient (Wildman–Crippen LogP) is 2.60. The second-order valence-electron chi connectivity index (χ2n) is 5.69. The van der Waals surface area contributed by atoms with Crippen molar-refractivity contribution in [3.63, 3.8) is 0 Å². The lowest BCUT2D eigenvalue weighted by Crippen LogP contribution is -2.48. The molecule has 6 heteroatoms. The first-order valence-corrected chi connectivity index (χ1v) is 7.16. The lowest BCUT2D eigenvalue weighted by Gasteiger charge is -2.37. The summed E-state index contributed by atoms with van der Waals surface area (Å²) in [6, 6.07) is 5.52. The number of fused-ring (bicyclic) bond motifs is 1. The molecule has 0 aliphatic carbocycles. The number of hydrogen-bond donors (Lipinski definition) is 1. The maximum atomic E-state index is 13.0. The molecular formula is C15H18F3NO2. The molecule has 3 nitrogen and oxygen atoms in total. The fourth-order valence-electron chi connectivity index (χ4n) is 3.25. The van der Waals surface area contributed by atoms with E-state index in [0.717, 1.165) is 25.5 Å². The van der Waals surface area contributed by atoms with Crippen LogP contribution in [-0.2, 0) is 10.9 Å². The largest absolute Gasteiger partial charge is 0.416 e. The van der Waals surface area contributed by atoms with Gasteiger partial charge in [0, 0.05) is 12.6 Å². The van der Waals surface area contributed by atoms with Crippen LogP contribution in [0, 0.1) is 0 Å². The average molecular weight is 301 g/mol. The second-order valence-corrected chi connectivity index (χ2v) is 5.69. The molecule has 2 fully saturated rings. The molecule has 21 heavy (non-hydrogen) atoms. The van der Waals surface area contributed by atoms with Gasteiger partial charge in [-0.05, 0) is 31.0 Å². The topological polar surface area (TPSA) is 32.7 Å². The first-order valence-electron chi connectivity index (χ1n) is 7.16. The highest BCUT2D eigenvalue weighted by Gasteiger charge is 2.40. The van der Waals surface area contributed by atoms with E-state index in [2.05, 4.69) is 4.90 Å². The summed E-state index contributed by atoms with van der Waals surface area (Å²) in [4.78, 5) is 2.20. The summed E-state index contributed by atoms with van der Waals surface area (Å²) in [6.07, 6.45) is -4.20. The van der Waals surface area contributed by atoms with Crippen LogP contribution in [0.3, 0.4) is 0 Å². The Morgan fingerprint density at radius 2 is 2.05 bits per heavy atom. The van der Waals surface area contributed by atoms with Crippen LogP contribution < -0.4 is 0 Å². The molecule has 3 atom stereocenters. The van der Waals surface area contributed by atoms with Gasteiger partial charge in [0.1, 0.15) is 12.2 Å². The smallest absolute Gasteiger partial charge is 0.386 e. The van der Waals surface area contributed by atoms with Crippen molar-refractivity contribution >= 4 is 0 Å². The molecule has 2 saturated heterocycles. The zero-order valence-corrected chi connectivity index (χ0v) is 11.5. The molecule has 2 aliphatic rings. The molecule has 1 N–H and O–H groups in total. The summed E-state index contributed by atoms with van der Waals surface area (Å²) >= 11 is 0. The van der Waals surface area contributed by atoms with Gasteiger partial charge in [-0.1, -0.05) is 18.2 Å². The van der Waals surface area contributed by atoms with E-state index < -0.39 is 23.9 Å². The highest BCUT2D eigenvalue weighted by Crippen LogP contribution is 2.37. The third kappa shape index (κ3) is 2.93. The van der Waals surface area contributed by atoms with Crippen molar-refractivity contribution in [3.8, 4) is 0 Å². The van der Waals surface area contributed by atoms with Crippen molar-refractivity contribution in [2.24, 2.45) is 0 Å². The fourth-order valence-corrected chi connectivity index (χ4v) is 3.25.